The Morgan fingerprint density at radius 2 is 2.25 bits per heavy atom. The van der Waals surface area contributed by atoms with Gasteiger partial charge in [-0.05, 0) is 40.2 Å². The molecule has 0 aliphatic heterocycles. The van der Waals surface area contributed by atoms with E-state index in [9.17, 15) is 0 Å². The monoisotopic (exact) mass is 316 g/mol. The minimum absolute atomic E-state index is 0.525. The molecular formula is C11H10BrClN2S. The van der Waals surface area contributed by atoms with Gasteiger partial charge in [0.1, 0.15) is 5.15 Å². The largest absolute Gasteiger partial charge is 0.369 e. The van der Waals surface area contributed by atoms with E-state index in [0.29, 0.717) is 5.15 Å². The lowest BCUT2D eigenvalue weighted by Crippen LogP contribution is -2.15. The Bertz CT molecular complexity index is 486. The third-order valence-electron chi connectivity index (χ3n) is 2.17. The summed E-state index contributed by atoms with van der Waals surface area (Å²) in [5.74, 6) is 0. The molecule has 2 aromatic heterocycles. The van der Waals surface area contributed by atoms with Crippen molar-refractivity contribution >= 4 is 44.6 Å². The van der Waals surface area contributed by atoms with E-state index in [1.807, 2.05) is 19.2 Å². The van der Waals surface area contributed by atoms with E-state index in [1.165, 1.54) is 4.88 Å². The number of aromatic nitrogens is 1. The number of pyridine rings is 1. The molecule has 84 valence electrons. The van der Waals surface area contributed by atoms with Gasteiger partial charge in [-0.1, -0.05) is 11.6 Å². The van der Waals surface area contributed by atoms with Crippen LogP contribution in [0.2, 0.25) is 5.15 Å². The Labute approximate surface area is 112 Å². The van der Waals surface area contributed by atoms with Gasteiger partial charge in [-0.2, -0.15) is 0 Å². The maximum absolute atomic E-state index is 5.85. The molecule has 5 heteroatoms. The first-order chi connectivity index (χ1) is 7.65. The van der Waals surface area contributed by atoms with Gasteiger partial charge in [0.25, 0.3) is 0 Å². The summed E-state index contributed by atoms with van der Waals surface area (Å²) in [4.78, 5) is 7.42. The highest BCUT2D eigenvalue weighted by Gasteiger charge is 2.04. The van der Waals surface area contributed by atoms with E-state index in [4.69, 9.17) is 11.6 Å². The minimum Gasteiger partial charge on any atom is -0.369 e. The molecule has 0 atom stereocenters. The molecule has 0 aromatic carbocycles. The first-order valence-corrected chi connectivity index (χ1v) is 6.71. The smallest absolute Gasteiger partial charge is 0.131 e. The minimum atomic E-state index is 0.525. The van der Waals surface area contributed by atoms with Crippen LogP contribution in [0.15, 0.2) is 34.2 Å². The zero-order chi connectivity index (χ0) is 11.5. The molecule has 0 unspecified atom stereocenters. The van der Waals surface area contributed by atoms with Crippen LogP contribution in [-0.2, 0) is 6.54 Å². The molecular weight excluding hydrogens is 308 g/mol. The molecule has 0 fully saturated rings. The van der Waals surface area contributed by atoms with E-state index in [2.05, 4.69) is 37.9 Å². The lowest BCUT2D eigenvalue weighted by atomic mass is 10.3. The summed E-state index contributed by atoms with van der Waals surface area (Å²) in [5.41, 5.74) is 1.07. The van der Waals surface area contributed by atoms with Crippen molar-refractivity contribution in [2.45, 2.75) is 6.54 Å². The standard InChI is InChI=1S/C11H10BrClN2S/c1-15(7-9-2-3-10(12)16-9)8-4-5-14-11(13)6-8/h2-6H,7H2,1H3. The highest BCUT2D eigenvalue weighted by molar-refractivity contribution is 9.11. The summed E-state index contributed by atoms with van der Waals surface area (Å²) >= 11 is 11.1. The number of hydrogen-bond acceptors (Lipinski definition) is 3. The molecule has 0 amide bonds. The first kappa shape index (κ1) is 11.9. The molecule has 0 spiro atoms. The SMILES string of the molecule is CN(Cc1ccc(Br)s1)c1ccnc(Cl)c1. The van der Waals surface area contributed by atoms with E-state index in [0.717, 1.165) is 16.0 Å². The van der Waals surface area contributed by atoms with Crippen LogP contribution in [0, 0.1) is 0 Å². The topological polar surface area (TPSA) is 16.1 Å². The number of hydrogen-bond donors (Lipinski definition) is 0. The lowest BCUT2D eigenvalue weighted by molar-refractivity contribution is 0.938. The molecule has 0 saturated carbocycles. The number of halogens is 2. The molecule has 0 radical (unpaired) electrons. The summed E-state index contributed by atoms with van der Waals surface area (Å²) in [7, 11) is 2.04. The Hall–Kier alpha value is -0.580. The highest BCUT2D eigenvalue weighted by atomic mass is 79.9. The zero-order valence-corrected chi connectivity index (χ0v) is 11.8. The Morgan fingerprint density at radius 1 is 1.44 bits per heavy atom. The maximum Gasteiger partial charge on any atom is 0.131 e. The fourth-order valence-electron chi connectivity index (χ4n) is 1.39. The quantitative estimate of drug-likeness (QED) is 0.789. The van der Waals surface area contributed by atoms with Crippen molar-refractivity contribution in [2.24, 2.45) is 0 Å². The van der Waals surface area contributed by atoms with Crippen LogP contribution in [0.3, 0.4) is 0 Å². The molecule has 2 rings (SSSR count). The number of thiophene rings is 1. The third-order valence-corrected chi connectivity index (χ3v) is 3.99. The maximum atomic E-state index is 5.85. The van der Waals surface area contributed by atoms with E-state index >= 15 is 0 Å². The van der Waals surface area contributed by atoms with E-state index in [1.54, 1.807) is 17.5 Å². The van der Waals surface area contributed by atoms with Crippen molar-refractivity contribution in [3.05, 3.63) is 44.3 Å². The van der Waals surface area contributed by atoms with Gasteiger partial charge in [-0.3, -0.25) is 0 Å². The fourth-order valence-corrected chi connectivity index (χ4v) is 3.10. The van der Waals surface area contributed by atoms with Gasteiger partial charge in [-0.25, -0.2) is 4.98 Å². The van der Waals surface area contributed by atoms with E-state index in [-0.39, 0.29) is 0 Å². The van der Waals surface area contributed by atoms with Crippen LogP contribution in [-0.4, -0.2) is 12.0 Å². The van der Waals surface area contributed by atoms with Crippen molar-refractivity contribution < 1.29 is 0 Å². The number of rotatable bonds is 3. The summed E-state index contributed by atoms with van der Waals surface area (Å²) in [5, 5.41) is 0.525. The van der Waals surface area contributed by atoms with Gasteiger partial charge in [0.2, 0.25) is 0 Å². The van der Waals surface area contributed by atoms with Crippen molar-refractivity contribution in [1.82, 2.24) is 4.98 Å². The molecule has 2 heterocycles. The number of nitrogens with zero attached hydrogens (tertiary/aromatic N) is 2. The van der Waals surface area contributed by atoms with Crippen LogP contribution < -0.4 is 4.90 Å². The summed E-state index contributed by atoms with van der Waals surface area (Å²) in [6.45, 7) is 0.872. The average Bonchev–Trinajstić information content (AvgIpc) is 2.64. The summed E-state index contributed by atoms with van der Waals surface area (Å²) < 4.78 is 1.16. The second-order valence-corrected chi connectivity index (χ2v) is 6.33. The van der Waals surface area contributed by atoms with Gasteiger partial charge < -0.3 is 4.90 Å². The van der Waals surface area contributed by atoms with Crippen LogP contribution in [0.25, 0.3) is 0 Å². The summed E-state index contributed by atoms with van der Waals surface area (Å²) in [6, 6.07) is 8.00. The molecule has 0 bridgehead atoms. The third kappa shape index (κ3) is 2.97. The van der Waals surface area contributed by atoms with Crippen LogP contribution in [0.5, 0.6) is 0 Å². The zero-order valence-electron chi connectivity index (χ0n) is 8.65. The van der Waals surface area contributed by atoms with Gasteiger partial charge >= 0.3 is 0 Å². The van der Waals surface area contributed by atoms with Crippen molar-refractivity contribution in [1.29, 1.82) is 0 Å². The van der Waals surface area contributed by atoms with Crippen LogP contribution >= 0.6 is 38.9 Å². The Morgan fingerprint density at radius 3 is 2.88 bits per heavy atom. The van der Waals surface area contributed by atoms with Crippen molar-refractivity contribution in [3.8, 4) is 0 Å². The first-order valence-electron chi connectivity index (χ1n) is 4.72. The van der Waals surface area contributed by atoms with Gasteiger partial charge in [0.15, 0.2) is 0 Å². The fraction of sp³-hybridized carbons (Fsp3) is 0.182. The normalized spacial score (nSPS) is 10.4. The Balaban J connectivity index is 2.11. The molecule has 0 saturated heterocycles. The lowest BCUT2D eigenvalue weighted by Gasteiger charge is -2.18. The predicted molar refractivity (Wildman–Crippen MR) is 73.4 cm³/mol. The van der Waals surface area contributed by atoms with Crippen LogP contribution in [0.1, 0.15) is 4.88 Å². The molecule has 16 heavy (non-hydrogen) atoms. The second kappa shape index (κ2) is 5.17. The molecule has 0 N–H and O–H groups in total. The molecule has 0 aliphatic carbocycles. The molecule has 2 nitrogen and oxygen atoms in total. The highest BCUT2D eigenvalue weighted by Crippen LogP contribution is 2.25. The average molecular weight is 318 g/mol. The Kier molecular flexibility index (Phi) is 3.84. The van der Waals surface area contributed by atoms with Crippen molar-refractivity contribution in [3.63, 3.8) is 0 Å². The van der Waals surface area contributed by atoms with Crippen molar-refractivity contribution in [2.75, 3.05) is 11.9 Å². The van der Waals surface area contributed by atoms with Gasteiger partial charge in [0.05, 0.1) is 10.3 Å². The van der Waals surface area contributed by atoms with Crippen LogP contribution in [0.4, 0.5) is 5.69 Å². The summed E-state index contributed by atoms with van der Waals surface area (Å²) in [6.07, 6.45) is 1.72. The molecule has 0 aliphatic rings. The predicted octanol–water partition coefficient (Wildman–Crippen LogP) is 4.20. The number of anilines is 1. The van der Waals surface area contributed by atoms with Gasteiger partial charge in [-0.15, -0.1) is 11.3 Å². The van der Waals surface area contributed by atoms with E-state index < -0.39 is 0 Å². The molecule has 2 aromatic rings. The second-order valence-electron chi connectivity index (χ2n) is 3.40. The van der Waals surface area contributed by atoms with Gasteiger partial charge in [0, 0.05) is 23.8 Å².